The fourth-order valence-corrected chi connectivity index (χ4v) is 1.92. The molecule has 1 N–H and O–H groups in total. The fourth-order valence-electron chi connectivity index (χ4n) is 1.92. The van der Waals surface area contributed by atoms with E-state index in [1.807, 2.05) is 19.0 Å². The Hall–Kier alpha value is -2.14. The zero-order valence-corrected chi connectivity index (χ0v) is 17.5. The van der Waals surface area contributed by atoms with Gasteiger partial charge < -0.3 is 15.0 Å². The number of anilines is 1. The number of alkyl halides is 3. The number of rotatable bonds is 3. The molecule has 1 heterocycles. The number of carbonyl (C=O) groups excluding carboxylic acids is 1. The molecule has 0 unspecified atom stereocenters. The third kappa shape index (κ3) is 8.87. The van der Waals surface area contributed by atoms with Crippen LogP contribution in [-0.2, 0) is 32.0 Å². The maximum absolute atomic E-state index is 12.6. The Morgan fingerprint density at radius 1 is 1.22 bits per heavy atom. The van der Waals surface area contributed by atoms with Crippen LogP contribution in [0.3, 0.4) is 0 Å². The normalized spacial score (nSPS) is 11.0. The molecule has 0 radical (unpaired) electrons. The molecule has 2 rings (SSSR count). The first-order valence-corrected chi connectivity index (χ1v) is 7.62. The Morgan fingerprint density at radius 2 is 1.85 bits per heavy atom. The zero-order valence-electron chi connectivity index (χ0n) is 15.2. The van der Waals surface area contributed by atoms with Crippen molar-refractivity contribution in [1.82, 2.24) is 4.98 Å². The monoisotopic (exact) mass is 560 g/mol. The molecule has 0 saturated carbocycles. The molecule has 0 amide bonds. The first-order chi connectivity index (χ1) is 12.0. The summed E-state index contributed by atoms with van der Waals surface area (Å²) in [5.74, 6) is -0.0625. The molecule has 2 aromatic rings. The van der Waals surface area contributed by atoms with E-state index >= 15 is 0 Å². The molecule has 4 nitrogen and oxygen atoms in total. The predicted molar refractivity (Wildman–Crippen MR) is 94.9 cm³/mol. The number of hydrogen-bond donors (Lipinski definition) is 1. The van der Waals surface area contributed by atoms with Crippen LogP contribution in [0.25, 0.3) is 11.3 Å². The Kier molecular flexibility index (Phi) is 10.0. The molecule has 27 heavy (non-hydrogen) atoms. The minimum absolute atomic E-state index is 0. The molecule has 8 heteroatoms. The molecule has 0 bridgehead atoms. The number of allylic oxidation sites excluding steroid dienone is 2. The van der Waals surface area contributed by atoms with Gasteiger partial charge >= 0.3 is 6.18 Å². The fraction of sp³-hybridized carbons (Fsp3) is 0.263. The summed E-state index contributed by atoms with van der Waals surface area (Å²) in [7, 11) is 3.71. The molecule has 1 aromatic carbocycles. The van der Waals surface area contributed by atoms with E-state index in [1.54, 1.807) is 24.4 Å². The van der Waals surface area contributed by atoms with E-state index in [2.05, 4.69) is 11.1 Å². The van der Waals surface area contributed by atoms with Gasteiger partial charge in [-0.3, -0.25) is 4.79 Å². The number of aromatic nitrogens is 1. The summed E-state index contributed by atoms with van der Waals surface area (Å²) in [6.07, 6.45) is -1.66. The van der Waals surface area contributed by atoms with Crippen molar-refractivity contribution in [2.45, 2.75) is 20.0 Å². The van der Waals surface area contributed by atoms with Gasteiger partial charge in [-0.2, -0.15) is 13.2 Å². The third-order valence-electron chi connectivity index (χ3n) is 3.05. The molecule has 0 aliphatic rings. The van der Waals surface area contributed by atoms with Crippen molar-refractivity contribution in [2.75, 3.05) is 19.0 Å². The second-order valence-corrected chi connectivity index (χ2v) is 5.67. The number of halogens is 3. The van der Waals surface area contributed by atoms with Crippen LogP contribution in [0.2, 0.25) is 0 Å². The van der Waals surface area contributed by atoms with E-state index < -0.39 is 11.7 Å². The molecule has 0 atom stereocenters. The second-order valence-electron chi connectivity index (χ2n) is 5.67. The van der Waals surface area contributed by atoms with Gasteiger partial charge in [0.1, 0.15) is 0 Å². The van der Waals surface area contributed by atoms with Crippen molar-refractivity contribution in [3.8, 4) is 11.3 Å². The number of aliphatic hydroxyl groups is 1. The van der Waals surface area contributed by atoms with Gasteiger partial charge in [0.15, 0.2) is 5.78 Å². The van der Waals surface area contributed by atoms with Crippen LogP contribution < -0.4 is 4.90 Å². The first-order valence-electron chi connectivity index (χ1n) is 7.62. The number of hydrogen-bond acceptors (Lipinski definition) is 4. The van der Waals surface area contributed by atoms with Gasteiger partial charge in [0, 0.05) is 53.1 Å². The number of nitrogens with zero attached hydrogens (tertiary/aromatic N) is 2. The first kappa shape index (κ1) is 24.9. The van der Waals surface area contributed by atoms with Gasteiger partial charge in [0.2, 0.25) is 0 Å². The standard InChI is InChI=1S/C14H12F3N2.C5H8O2.Pt/c1-19(2)12-6-7-18-13(9-12)10-4-3-5-11(8-10)14(15,16)17;1-4(6)3-5(2)7;/h3-7,9H,1-2H3;3,6H,1-2H3;/q-1;;/b;4-3-;. The molecular formula is C19H20F3N2O2Pt-. The van der Waals surface area contributed by atoms with Crippen molar-refractivity contribution in [2.24, 2.45) is 0 Å². The summed E-state index contributed by atoms with van der Waals surface area (Å²) in [6.45, 7) is 2.85. The minimum atomic E-state index is -4.39. The minimum Gasteiger partial charge on any atom is -0.512 e. The summed E-state index contributed by atoms with van der Waals surface area (Å²) in [5.41, 5.74) is 0.883. The SMILES string of the molecule is CC(=O)/C=C(/C)O.CN(C)c1ccnc(-c2[c-]c(C(F)(F)F)ccc2)c1.[Pt]. The number of benzene rings is 1. The van der Waals surface area contributed by atoms with E-state index in [9.17, 15) is 18.0 Å². The largest absolute Gasteiger partial charge is 0.512 e. The van der Waals surface area contributed by atoms with Gasteiger partial charge in [-0.1, -0.05) is 6.07 Å². The van der Waals surface area contributed by atoms with Gasteiger partial charge in [0.05, 0.1) is 5.76 Å². The Labute approximate surface area is 171 Å². The Balaban J connectivity index is 0.000000728. The predicted octanol–water partition coefficient (Wildman–Crippen LogP) is 4.67. The van der Waals surface area contributed by atoms with Gasteiger partial charge in [0.25, 0.3) is 0 Å². The Bertz CT molecular complexity index is 787. The summed E-state index contributed by atoms with van der Waals surface area (Å²) < 4.78 is 37.9. The van der Waals surface area contributed by atoms with Gasteiger partial charge in [-0.05, 0) is 31.2 Å². The van der Waals surface area contributed by atoms with Crippen LogP contribution in [-0.4, -0.2) is 30.0 Å². The van der Waals surface area contributed by atoms with Crippen LogP contribution in [0.1, 0.15) is 19.4 Å². The summed E-state index contributed by atoms with van der Waals surface area (Å²) in [6, 6.07) is 9.80. The smallest absolute Gasteiger partial charge is 0.399 e. The van der Waals surface area contributed by atoms with Gasteiger partial charge in [-0.15, -0.1) is 29.8 Å². The zero-order chi connectivity index (χ0) is 19.9. The van der Waals surface area contributed by atoms with Crippen molar-refractivity contribution in [3.05, 3.63) is 60.0 Å². The molecule has 1 aromatic heterocycles. The van der Waals surface area contributed by atoms with E-state index in [4.69, 9.17) is 5.11 Å². The van der Waals surface area contributed by atoms with Crippen LogP contribution in [0, 0.1) is 6.07 Å². The maximum Gasteiger partial charge on any atom is 0.399 e. The molecule has 0 spiro atoms. The van der Waals surface area contributed by atoms with Crippen LogP contribution in [0.4, 0.5) is 18.9 Å². The average molecular weight is 560 g/mol. The number of pyridine rings is 1. The molecule has 0 fully saturated rings. The second kappa shape index (κ2) is 10.9. The van der Waals surface area contributed by atoms with Crippen molar-refractivity contribution < 1.29 is 44.1 Å². The molecular weight excluding hydrogens is 540 g/mol. The molecule has 0 aliphatic heterocycles. The number of carbonyl (C=O) groups is 1. The molecule has 150 valence electrons. The van der Waals surface area contributed by atoms with Gasteiger partial charge in [-0.25, -0.2) is 0 Å². The number of aliphatic hydroxyl groups excluding tert-OH is 1. The van der Waals surface area contributed by atoms with Crippen LogP contribution in [0.15, 0.2) is 48.4 Å². The van der Waals surface area contributed by atoms with E-state index in [0.717, 1.165) is 11.8 Å². The van der Waals surface area contributed by atoms with Crippen LogP contribution in [0.5, 0.6) is 0 Å². The average Bonchev–Trinajstić information content (AvgIpc) is 2.53. The van der Waals surface area contributed by atoms with E-state index in [0.29, 0.717) is 11.3 Å². The molecule has 0 aliphatic carbocycles. The molecule has 0 saturated heterocycles. The van der Waals surface area contributed by atoms with E-state index in [-0.39, 0.29) is 32.6 Å². The van der Waals surface area contributed by atoms with Crippen molar-refractivity contribution >= 4 is 11.5 Å². The van der Waals surface area contributed by atoms with Crippen molar-refractivity contribution in [1.29, 1.82) is 0 Å². The third-order valence-corrected chi connectivity index (χ3v) is 3.05. The Morgan fingerprint density at radius 3 is 2.30 bits per heavy atom. The summed E-state index contributed by atoms with van der Waals surface area (Å²) in [4.78, 5) is 16.0. The maximum atomic E-state index is 12.6. The topological polar surface area (TPSA) is 53.4 Å². The summed E-state index contributed by atoms with van der Waals surface area (Å²) >= 11 is 0. The summed E-state index contributed by atoms with van der Waals surface area (Å²) in [5, 5.41) is 8.36. The number of ketones is 1. The van der Waals surface area contributed by atoms with Crippen molar-refractivity contribution in [3.63, 3.8) is 0 Å². The van der Waals surface area contributed by atoms with E-state index in [1.165, 1.54) is 26.0 Å². The van der Waals surface area contributed by atoms with Crippen LogP contribution >= 0.6 is 0 Å². The quantitative estimate of drug-likeness (QED) is 0.337.